The zero-order chi connectivity index (χ0) is 10.6. The first-order valence-corrected chi connectivity index (χ1v) is 8.26. The molecule has 0 aliphatic carbocycles. The van der Waals surface area contributed by atoms with Crippen molar-refractivity contribution >= 4 is 13.3 Å². The van der Waals surface area contributed by atoms with Crippen LogP contribution in [0.5, 0.6) is 5.75 Å². The van der Waals surface area contributed by atoms with Gasteiger partial charge in [-0.2, -0.15) is 0 Å². The SMILES string of the molecule is COCOc1ccc([Si](C)(C)C)cc1. The molecule has 14 heavy (non-hydrogen) atoms. The minimum absolute atomic E-state index is 0.312. The lowest BCUT2D eigenvalue weighted by atomic mass is 10.3. The highest BCUT2D eigenvalue weighted by Gasteiger charge is 2.15. The van der Waals surface area contributed by atoms with Crippen LogP contribution in [0.25, 0.3) is 0 Å². The van der Waals surface area contributed by atoms with Crippen LogP contribution in [-0.4, -0.2) is 22.0 Å². The maximum absolute atomic E-state index is 5.32. The fraction of sp³-hybridized carbons (Fsp3) is 0.455. The van der Waals surface area contributed by atoms with Crippen LogP contribution in [-0.2, 0) is 4.74 Å². The maximum Gasteiger partial charge on any atom is 0.188 e. The summed E-state index contributed by atoms with van der Waals surface area (Å²) in [5.41, 5.74) is 0. The molecule has 0 aliphatic rings. The molecule has 0 aliphatic heterocycles. The molecular formula is C11H18O2Si. The van der Waals surface area contributed by atoms with Crippen molar-refractivity contribution in [3.05, 3.63) is 24.3 Å². The standard InChI is InChI=1S/C11H18O2Si/c1-12-9-13-10-5-7-11(8-6-10)14(2,3)4/h5-8H,9H2,1-4H3. The van der Waals surface area contributed by atoms with E-state index >= 15 is 0 Å². The molecule has 0 spiro atoms. The second-order valence-electron chi connectivity index (χ2n) is 4.33. The molecule has 0 unspecified atom stereocenters. The zero-order valence-electron chi connectivity index (χ0n) is 9.33. The molecule has 0 aromatic heterocycles. The first-order chi connectivity index (χ1) is 6.54. The van der Waals surface area contributed by atoms with E-state index in [1.807, 2.05) is 12.1 Å². The average Bonchev–Trinajstić information content (AvgIpc) is 2.14. The van der Waals surface area contributed by atoms with Crippen LogP contribution in [0.3, 0.4) is 0 Å². The topological polar surface area (TPSA) is 18.5 Å². The fourth-order valence-corrected chi connectivity index (χ4v) is 2.34. The Morgan fingerprint density at radius 3 is 2.07 bits per heavy atom. The van der Waals surface area contributed by atoms with Crippen LogP contribution in [0, 0.1) is 0 Å². The Bertz CT molecular complexity index is 274. The first kappa shape index (κ1) is 11.3. The van der Waals surface area contributed by atoms with Gasteiger partial charge in [-0.1, -0.05) is 37.0 Å². The van der Waals surface area contributed by atoms with Gasteiger partial charge in [-0.3, -0.25) is 0 Å². The van der Waals surface area contributed by atoms with Crippen molar-refractivity contribution in [1.82, 2.24) is 0 Å². The first-order valence-electron chi connectivity index (χ1n) is 4.76. The predicted molar refractivity (Wildman–Crippen MR) is 61.9 cm³/mol. The second kappa shape index (κ2) is 4.62. The molecule has 0 saturated heterocycles. The summed E-state index contributed by atoms with van der Waals surface area (Å²) in [5, 5.41) is 1.45. The van der Waals surface area contributed by atoms with Gasteiger partial charge in [0.2, 0.25) is 0 Å². The van der Waals surface area contributed by atoms with Crippen molar-refractivity contribution in [2.45, 2.75) is 19.6 Å². The summed E-state index contributed by atoms with van der Waals surface area (Å²) in [6, 6.07) is 8.31. The highest BCUT2D eigenvalue weighted by atomic mass is 28.3. The van der Waals surface area contributed by atoms with E-state index in [1.54, 1.807) is 7.11 Å². The summed E-state index contributed by atoms with van der Waals surface area (Å²) in [5.74, 6) is 0.869. The van der Waals surface area contributed by atoms with Gasteiger partial charge in [-0.15, -0.1) is 0 Å². The van der Waals surface area contributed by atoms with Gasteiger partial charge in [0.05, 0.1) is 8.07 Å². The second-order valence-corrected chi connectivity index (χ2v) is 9.40. The Balaban J connectivity index is 2.69. The van der Waals surface area contributed by atoms with Gasteiger partial charge in [0.15, 0.2) is 6.79 Å². The molecule has 0 N–H and O–H groups in total. The summed E-state index contributed by atoms with van der Waals surface area (Å²) < 4.78 is 10.1. The van der Waals surface area contributed by atoms with Crippen LogP contribution >= 0.6 is 0 Å². The predicted octanol–water partition coefficient (Wildman–Crippen LogP) is 2.21. The van der Waals surface area contributed by atoms with Crippen LogP contribution in [0.1, 0.15) is 0 Å². The van der Waals surface area contributed by atoms with Gasteiger partial charge >= 0.3 is 0 Å². The molecule has 0 bridgehead atoms. The number of hydrogen-bond acceptors (Lipinski definition) is 2. The molecule has 1 rings (SSSR count). The van der Waals surface area contributed by atoms with E-state index in [1.165, 1.54) is 5.19 Å². The number of ether oxygens (including phenoxy) is 2. The van der Waals surface area contributed by atoms with Crippen LogP contribution in [0.2, 0.25) is 19.6 Å². The Kier molecular flexibility index (Phi) is 3.72. The van der Waals surface area contributed by atoms with Gasteiger partial charge in [0.1, 0.15) is 5.75 Å². The van der Waals surface area contributed by atoms with E-state index in [4.69, 9.17) is 9.47 Å². The van der Waals surface area contributed by atoms with Crippen molar-refractivity contribution in [3.63, 3.8) is 0 Å². The molecule has 78 valence electrons. The summed E-state index contributed by atoms with van der Waals surface area (Å²) in [6.45, 7) is 7.31. The van der Waals surface area contributed by atoms with E-state index in [2.05, 4.69) is 31.8 Å². The van der Waals surface area contributed by atoms with E-state index in [-0.39, 0.29) is 0 Å². The Hall–Kier alpha value is -0.803. The van der Waals surface area contributed by atoms with Crippen molar-refractivity contribution < 1.29 is 9.47 Å². The van der Waals surface area contributed by atoms with E-state index in [0.717, 1.165) is 5.75 Å². The van der Waals surface area contributed by atoms with E-state index < -0.39 is 8.07 Å². The summed E-state index contributed by atoms with van der Waals surface area (Å²) in [7, 11) is 0.447. The zero-order valence-corrected chi connectivity index (χ0v) is 10.3. The van der Waals surface area contributed by atoms with Gasteiger partial charge in [-0.05, 0) is 12.1 Å². The van der Waals surface area contributed by atoms with Gasteiger partial charge in [-0.25, -0.2) is 0 Å². The number of hydrogen-bond donors (Lipinski definition) is 0. The molecule has 0 atom stereocenters. The fourth-order valence-electron chi connectivity index (χ4n) is 1.18. The van der Waals surface area contributed by atoms with Gasteiger partial charge < -0.3 is 9.47 Å². The molecule has 2 nitrogen and oxygen atoms in total. The van der Waals surface area contributed by atoms with Crippen LogP contribution in [0.15, 0.2) is 24.3 Å². The third-order valence-corrected chi connectivity index (χ3v) is 4.13. The van der Waals surface area contributed by atoms with Crippen molar-refractivity contribution in [1.29, 1.82) is 0 Å². The third kappa shape index (κ3) is 3.16. The van der Waals surface area contributed by atoms with Crippen LogP contribution < -0.4 is 9.92 Å². The summed E-state index contributed by atoms with van der Waals surface area (Å²) in [6.07, 6.45) is 0. The molecule has 0 radical (unpaired) electrons. The number of benzene rings is 1. The quantitative estimate of drug-likeness (QED) is 0.560. The molecular weight excluding hydrogens is 192 g/mol. The highest BCUT2D eigenvalue weighted by molar-refractivity contribution is 6.88. The van der Waals surface area contributed by atoms with Crippen molar-refractivity contribution in [3.8, 4) is 5.75 Å². The molecule has 0 fully saturated rings. The number of methoxy groups -OCH3 is 1. The smallest absolute Gasteiger partial charge is 0.188 e. The monoisotopic (exact) mass is 210 g/mol. The Morgan fingerprint density at radius 2 is 1.64 bits per heavy atom. The van der Waals surface area contributed by atoms with Crippen molar-refractivity contribution in [2.75, 3.05) is 13.9 Å². The normalized spacial score (nSPS) is 11.4. The molecule has 0 saturated carbocycles. The third-order valence-electron chi connectivity index (χ3n) is 2.06. The average molecular weight is 210 g/mol. The highest BCUT2D eigenvalue weighted by Crippen LogP contribution is 2.10. The minimum Gasteiger partial charge on any atom is -0.468 e. The van der Waals surface area contributed by atoms with Crippen LogP contribution in [0.4, 0.5) is 0 Å². The van der Waals surface area contributed by atoms with Gasteiger partial charge in [0, 0.05) is 7.11 Å². The summed E-state index contributed by atoms with van der Waals surface area (Å²) >= 11 is 0. The van der Waals surface area contributed by atoms with Crippen molar-refractivity contribution in [2.24, 2.45) is 0 Å². The minimum atomic E-state index is -1.17. The molecule has 0 heterocycles. The largest absolute Gasteiger partial charge is 0.468 e. The Morgan fingerprint density at radius 1 is 1.07 bits per heavy atom. The molecule has 0 amide bonds. The molecule has 3 heteroatoms. The maximum atomic E-state index is 5.32. The lowest BCUT2D eigenvalue weighted by Crippen LogP contribution is -2.37. The Labute approximate surface area is 86.9 Å². The van der Waals surface area contributed by atoms with E-state index in [0.29, 0.717) is 6.79 Å². The summed E-state index contributed by atoms with van der Waals surface area (Å²) in [4.78, 5) is 0. The lowest BCUT2D eigenvalue weighted by molar-refractivity contribution is 0.0511. The lowest BCUT2D eigenvalue weighted by Gasteiger charge is -2.16. The van der Waals surface area contributed by atoms with Gasteiger partial charge in [0.25, 0.3) is 0 Å². The number of rotatable bonds is 4. The molecule has 1 aromatic rings. The van der Waals surface area contributed by atoms with E-state index in [9.17, 15) is 0 Å². The molecule has 1 aromatic carbocycles.